The first-order valence-corrected chi connectivity index (χ1v) is 8.16. The molecule has 0 saturated carbocycles. The molecular weight excluding hydrogens is 347 g/mol. The summed E-state index contributed by atoms with van der Waals surface area (Å²) in [5.74, 6) is -0.453. The van der Waals surface area contributed by atoms with Gasteiger partial charge in [-0.3, -0.25) is 4.57 Å². The zero-order chi connectivity index (χ0) is 18.4. The summed E-state index contributed by atoms with van der Waals surface area (Å²) in [6.45, 7) is 2.45. The van der Waals surface area contributed by atoms with E-state index in [1.54, 1.807) is 11.6 Å². The quantitative estimate of drug-likeness (QED) is 0.705. The molecule has 7 nitrogen and oxygen atoms in total. The number of fused-ring (bicyclic) bond motifs is 3. The normalized spacial score (nSPS) is 14.2. The van der Waals surface area contributed by atoms with Crippen LogP contribution in [0.2, 0.25) is 0 Å². The Morgan fingerprint density at radius 2 is 1.88 bits per heavy atom. The van der Waals surface area contributed by atoms with Crippen LogP contribution in [0.3, 0.4) is 0 Å². The van der Waals surface area contributed by atoms with Crippen molar-refractivity contribution >= 4 is 0 Å². The van der Waals surface area contributed by atoms with Gasteiger partial charge < -0.3 is 5.73 Å². The van der Waals surface area contributed by atoms with Crippen LogP contribution in [-0.4, -0.2) is 35.6 Å². The van der Waals surface area contributed by atoms with E-state index in [-0.39, 0.29) is 12.0 Å². The Hall–Kier alpha value is -2.75. The highest BCUT2D eigenvalue weighted by molar-refractivity contribution is 5.22. The predicted molar refractivity (Wildman–Crippen MR) is 85.1 cm³/mol. The van der Waals surface area contributed by atoms with Gasteiger partial charge in [0, 0.05) is 31.5 Å². The highest BCUT2D eigenvalue weighted by Crippen LogP contribution is 2.19. The van der Waals surface area contributed by atoms with Crippen LogP contribution in [0.1, 0.15) is 23.0 Å². The van der Waals surface area contributed by atoms with Crippen molar-refractivity contribution in [2.75, 3.05) is 0 Å². The second kappa shape index (κ2) is 6.20. The molecule has 4 rings (SSSR count). The molecule has 0 bridgehead atoms. The molecule has 0 saturated heterocycles. The molecule has 3 heterocycles. The number of nitrogens with zero attached hydrogens (tertiary/aromatic N) is 6. The van der Waals surface area contributed by atoms with Crippen molar-refractivity contribution in [3.8, 4) is 5.95 Å². The maximum atomic E-state index is 13.8. The maximum Gasteiger partial charge on any atom is 0.253 e. The third kappa shape index (κ3) is 2.85. The van der Waals surface area contributed by atoms with E-state index in [4.69, 9.17) is 5.73 Å². The minimum atomic E-state index is -1.22. The van der Waals surface area contributed by atoms with Crippen molar-refractivity contribution < 1.29 is 13.2 Å². The van der Waals surface area contributed by atoms with Crippen LogP contribution >= 0.6 is 0 Å². The highest BCUT2D eigenvalue weighted by atomic mass is 19.2. The van der Waals surface area contributed by atoms with Gasteiger partial charge in [-0.15, -0.1) is 15.3 Å². The summed E-state index contributed by atoms with van der Waals surface area (Å²) < 4.78 is 43.7. The summed E-state index contributed by atoms with van der Waals surface area (Å²) in [6, 6.07) is 0.848. The number of nitrogens with two attached hydrogens (primary N) is 1. The van der Waals surface area contributed by atoms with Gasteiger partial charge in [-0.05, 0) is 25.0 Å². The molecule has 0 radical (unpaired) electrons. The Balaban J connectivity index is 1.54. The van der Waals surface area contributed by atoms with E-state index in [1.807, 2.05) is 4.57 Å². The third-order valence-corrected chi connectivity index (χ3v) is 4.35. The van der Waals surface area contributed by atoms with Crippen LogP contribution in [0.25, 0.3) is 5.95 Å². The smallest absolute Gasteiger partial charge is 0.253 e. The molecular formula is C16H16F3N7. The fourth-order valence-electron chi connectivity index (χ4n) is 3.16. The molecule has 0 unspecified atom stereocenters. The zero-order valence-electron chi connectivity index (χ0n) is 14.0. The van der Waals surface area contributed by atoms with Crippen LogP contribution in [-0.2, 0) is 25.8 Å². The number of aromatic nitrogens is 6. The molecule has 0 aliphatic carbocycles. The molecule has 0 amide bonds. The van der Waals surface area contributed by atoms with Crippen molar-refractivity contribution in [2.45, 2.75) is 38.8 Å². The second-order valence-electron chi connectivity index (χ2n) is 6.33. The van der Waals surface area contributed by atoms with Crippen molar-refractivity contribution in [1.29, 1.82) is 0 Å². The summed E-state index contributed by atoms with van der Waals surface area (Å²) in [4.78, 5) is 4.34. The average molecular weight is 363 g/mol. The van der Waals surface area contributed by atoms with E-state index in [0.717, 1.165) is 11.9 Å². The fraction of sp³-hybridized carbons (Fsp3) is 0.375. The van der Waals surface area contributed by atoms with Crippen LogP contribution in [0.4, 0.5) is 13.2 Å². The molecule has 10 heteroatoms. The molecule has 2 N–H and O–H groups in total. The van der Waals surface area contributed by atoms with E-state index in [1.165, 1.54) is 0 Å². The van der Waals surface area contributed by atoms with Gasteiger partial charge in [-0.2, -0.15) is 4.68 Å². The molecule has 26 heavy (non-hydrogen) atoms. The van der Waals surface area contributed by atoms with Crippen LogP contribution in [0.5, 0.6) is 0 Å². The average Bonchev–Trinajstić information content (AvgIpc) is 3.15. The lowest BCUT2D eigenvalue weighted by Gasteiger charge is -2.17. The van der Waals surface area contributed by atoms with Gasteiger partial charge in [0.05, 0.1) is 0 Å². The topological polar surface area (TPSA) is 87.4 Å². The SMILES string of the molecule is Cc1nc2n(n1)-c1nnc(C[C@H](N)Cc3cc(F)c(F)cc3F)n1CC2. The number of halogens is 3. The van der Waals surface area contributed by atoms with E-state index >= 15 is 0 Å². The Morgan fingerprint density at radius 1 is 1.12 bits per heavy atom. The van der Waals surface area contributed by atoms with Gasteiger partial charge in [0.2, 0.25) is 0 Å². The Bertz CT molecular complexity index is 979. The summed E-state index contributed by atoms with van der Waals surface area (Å²) in [6.07, 6.45) is 1.05. The molecule has 0 fully saturated rings. The number of aryl methyl sites for hydroxylation is 2. The number of hydrogen-bond donors (Lipinski definition) is 1. The first-order valence-electron chi connectivity index (χ1n) is 8.16. The van der Waals surface area contributed by atoms with E-state index < -0.39 is 23.5 Å². The fourth-order valence-corrected chi connectivity index (χ4v) is 3.16. The largest absolute Gasteiger partial charge is 0.327 e. The number of hydrogen-bond acceptors (Lipinski definition) is 5. The van der Waals surface area contributed by atoms with Crippen molar-refractivity contribution in [2.24, 2.45) is 5.73 Å². The minimum absolute atomic E-state index is 0.0315. The monoisotopic (exact) mass is 363 g/mol. The minimum Gasteiger partial charge on any atom is -0.327 e. The summed E-state index contributed by atoms with van der Waals surface area (Å²) in [5, 5.41) is 12.6. The first kappa shape index (κ1) is 16.7. The summed E-state index contributed by atoms with van der Waals surface area (Å²) in [5.41, 5.74) is 6.12. The Kier molecular flexibility index (Phi) is 3.98. The molecule has 0 spiro atoms. The van der Waals surface area contributed by atoms with Crippen LogP contribution in [0, 0.1) is 24.4 Å². The lowest BCUT2D eigenvalue weighted by molar-refractivity contribution is 0.484. The maximum absolute atomic E-state index is 13.8. The molecule has 136 valence electrons. The van der Waals surface area contributed by atoms with Gasteiger partial charge in [0.25, 0.3) is 5.95 Å². The third-order valence-electron chi connectivity index (χ3n) is 4.35. The standard InChI is InChI=1S/C16H16F3N7/c1-8-21-14-2-3-25-15(22-23-16(25)26(14)24-8)6-10(20)4-9-5-12(18)13(19)7-11(9)17/h5,7,10H,2-4,6,20H2,1H3/t10-/m1/s1. The Morgan fingerprint density at radius 3 is 2.69 bits per heavy atom. The molecule has 3 aromatic rings. The summed E-state index contributed by atoms with van der Waals surface area (Å²) in [7, 11) is 0. The summed E-state index contributed by atoms with van der Waals surface area (Å²) >= 11 is 0. The van der Waals surface area contributed by atoms with Gasteiger partial charge >= 0.3 is 0 Å². The predicted octanol–water partition coefficient (Wildman–Crippen LogP) is 1.25. The Labute approximate surface area is 146 Å². The highest BCUT2D eigenvalue weighted by Gasteiger charge is 2.24. The molecule has 1 atom stereocenters. The van der Waals surface area contributed by atoms with E-state index in [9.17, 15) is 13.2 Å². The van der Waals surface area contributed by atoms with E-state index in [2.05, 4.69) is 20.3 Å². The van der Waals surface area contributed by atoms with Crippen molar-refractivity contribution in [3.63, 3.8) is 0 Å². The van der Waals surface area contributed by atoms with Gasteiger partial charge in [0.15, 0.2) is 11.6 Å². The lowest BCUT2D eigenvalue weighted by atomic mass is 10.0. The number of benzene rings is 1. The molecule has 1 aliphatic heterocycles. The van der Waals surface area contributed by atoms with Crippen LogP contribution in [0.15, 0.2) is 12.1 Å². The van der Waals surface area contributed by atoms with Gasteiger partial charge in [0.1, 0.15) is 23.3 Å². The second-order valence-corrected chi connectivity index (χ2v) is 6.33. The lowest BCUT2D eigenvalue weighted by Crippen LogP contribution is -2.29. The van der Waals surface area contributed by atoms with Crippen molar-refractivity contribution in [1.82, 2.24) is 29.5 Å². The van der Waals surface area contributed by atoms with Crippen LogP contribution < -0.4 is 5.73 Å². The van der Waals surface area contributed by atoms with Gasteiger partial charge in [-0.1, -0.05) is 0 Å². The van der Waals surface area contributed by atoms with E-state index in [0.29, 0.717) is 43.0 Å². The molecule has 1 aliphatic rings. The van der Waals surface area contributed by atoms with Crippen molar-refractivity contribution in [3.05, 3.63) is 52.6 Å². The zero-order valence-corrected chi connectivity index (χ0v) is 14.0. The first-order chi connectivity index (χ1) is 12.4. The number of rotatable bonds is 4. The van der Waals surface area contributed by atoms with Gasteiger partial charge in [-0.25, -0.2) is 18.2 Å². The molecule has 2 aromatic heterocycles. The molecule has 1 aromatic carbocycles.